The number of thiophene rings is 1. The summed E-state index contributed by atoms with van der Waals surface area (Å²) >= 11 is 1.42. The molecule has 1 aromatic carbocycles. The molecule has 0 bridgehead atoms. The quantitative estimate of drug-likeness (QED) is 0.0828. The van der Waals surface area contributed by atoms with Crippen molar-refractivity contribution in [1.82, 2.24) is 34.6 Å². The van der Waals surface area contributed by atoms with Crippen molar-refractivity contribution in [3.05, 3.63) is 106 Å². The van der Waals surface area contributed by atoms with Crippen molar-refractivity contribution in [1.29, 1.82) is 0 Å². The van der Waals surface area contributed by atoms with Gasteiger partial charge in [0.1, 0.15) is 24.3 Å². The number of aliphatic hydroxyl groups excluding tert-OH is 2. The van der Waals surface area contributed by atoms with Gasteiger partial charge in [0, 0.05) is 49.3 Å². The van der Waals surface area contributed by atoms with E-state index in [0.717, 1.165) is 19.4 Å². The SMILES string of the molecule is CCNC(=O)[C@H]1O[C@@H](n2cnc3c(NCCCNC(=O)COc4ccc(/C=C/c5ccc6n5[B-](F)(F)[N+]5=C(c7cccs7)C=CC5=C6)cc4)ncnc32)[C@H](O)[C@@H]1O. The summed E-state index contributed by atoms with van der Waals surface area (Å²) in [4.78, 5) is 38.4. The Kier molecular flexibility index (Phi) is 10.5. The summed E-state index contributed by atoms with van der Waals surface area (Å²) in [5.41, 5.74) is 3.26. The molecule has 8 rings (SSSR count). The van der Waals surface area contributed by atoms with Crippen molar-refractivity contribution < 1.29 is 42.4 Å². The van der Waals surface area contributed by atoms with Crippen LogP contribution in [0.2, 0.25) is 0 Å². The normalized spacial score (nSPS) is 20.8. The number of allylic oxidation sites excluding steroid dienone is 2. The van der Waals surface area contributed by atoms with Gasteiger partial charge < -0.3 is 53.2 Å². The third-order valence-corrected chi connectivity index (χ3v) is 10.7. The number of rotatable bonds is 14. The zero-order chi connectivity index (χ0) is 39.7. The highest BCUT2D eigenvalue weighted by Crippen LogP contribution is 2.35. The van der Waals surface area contributed by atoms with Crippen molar-refractivity contribution in [2.45, 2.75) is 37.9 Å². The van der Waals surface area contributed by atoms with Gasteiger partial charge in [0.15, 0.2) is 47.3 Å². The van der Waals surface area contributed by atoms with E-state index in [0.29, 0.717) is 71.6 Å². The molecule has 1 fully saturated rings. The number of hydrogen-bond donors (Lipinski definition) is 5. The van der Waals surface area contributed by atoms with E-state index in [2.05, 4.69) is 30.9 Å². The van der Waals surface area contributed by atoms with Gasteiger partial charge in [-0.1, -0.05) is 24.3 Å². The first-order chi connectivity index (χ1) is 27.6. The molecule has 0 saturated carbocycles. The lowest BCUT2D eigenvalue weighted by Crippen LogP contribution is -2.50. The highest BCUT2D eigenvalue weighted by molar-refractivity contribution is 7.12. The molecule has 5 N–H and O–H groups in total. The summed E-state index contributed by atoms with van der Waals surface area (Å²) in [5, 5.41) is 31.5. The molecule has 4 aromatic heterocycles. The molecule has 4 atom stereocenters. The van der Waals surface area contributed by atoms with Gasteiger partial charge in [0.2, 0.25) is 0 Å². The molecule has 5 aromatic rings. The van der Waals surface area contributed by atoms with Gasteiger partial charge in [-0.15, -0.1) is 11.3 Å². The average molecular weight is 798 g/mol. The van der Waals surface area contributed by atoms with E-state index in [1.54, 1.807) is 73.7 Å². The number of likely N-dealkylation sites (N-methyl/N-ethyl adjacent to an activating group) is 1. The number of hydrogen-bond acceptors (Lipinski definition) is 11. The number of carbonyl (C=O) groups excluding carboxylic acids is 2. The lowest BCUT2D eigenvalue weighted by Gasteiger charge is -2.30. The average Bonchev–Trinajstić information content (AvgIpc) is 4.05. The Morgan fingerprint density at radius 3 is 2.67 bits per heavy atom. The van der Waals surface area contributed by atoms with Crippen molar-refractivity contribution in [2.24, 2.45) is 0 Å². The highest BCUT2D eigenvalue weighted by Gasteiger charge is 2.52. The van der Waals surface area contributed by atoms with Gasteiger partial charge in [0.25, 0.3) is 11.8 Å². The fourth-order valence-corrected chi connectivity index (χ4v) is 7.79. The third kappa shape index (κ3) is 7.37. The summed E-state index contributed by atoms with van der Waals surface area (Å²) in [6, 6.07) is 14.1. The third-order valence-electron chi connectivity index (χ3n) is 9.77. The molecule has 7 heterocycles. The minimum absolute atomic E-state index is 0.198. The predicted molar refractivity (Wildman–Crippen MR) is 211 cm³/mol. The number of ether oxygens (including phenoxy) is 2. The first kappa shape index (κ1) is 37.9. The standard InChI is InChI=1S/C38H38BF2N9O6S/c1-2-42-37(54)34-32(52)33(53)38(56-34)48-22-47-31-35(45-21-46-36(31)48)44-17-4-16-43-30(51)20-55-27-13-7-23(8-14-27)6-9-24-10-11-25-19-26-12-15-28(29-5-3-18-57-29)50(26)39(40,41)49(24)25/h3,5-15,18-19,21-22,32-34,38,52-53H,2,4,16-17,20H2,1H3,(H,42,54)(H,43,51)(H,44,45,46)/b9-6+/t32-,33+,34-,38+/m0/s1. The fourth-order valence-electron chi connectivity index (χ4n) is 7.04. The number of halogens is 2. The number of anilines is 1. The maximum Gasteiger partial charge on any atom is 0.737 e. The second-order valence-electron chi connectivity index (χ2n) is 13.5. The molecular formula is C38H38BF2N9O6S. The van der Waals surface area contributed by atoms with Crippen molar-refractivity contribution in [3.63, 3.8) is 0 Å². The van der Waals surface area contributed by atoms with E-state index in [4.69, 9.17) is 9.47 Å². The summed E-state index contributed by atoms with van der Waals surface area (Å²) in [6.45, 7) is -1.47. The van der Waals surface area contributed by atoms with E-state index < -0.39 is 37.4 Å². The van der Waals surface area contributed by atoms with Crippen LogP contribution in [-0.4, -0.2) is 108 Å². The molecular weight excluding hydrogens is 759 g/mol. The van der Waals surface area contributed by atoms with Gasteiger partial charge in [0.05, 0.1) is 11.2 Å². The topological polar surface area (TPSA) is 181 Å². The van der Waals surface area contributed by atoms with Gasteiger partial charge in [-0.25, -0.2) is 15.0 Å². The molecule has 0 spiro atoms. The van der Waals surface area contributed by atoms with Crippen LogP contribution in [0, 0.1) is 0 Å². The van der Waals surface area contributed by atoms with Gasteiger partial charge in [-0.05, 0) is 60.7 Å². The van der Waals surface area contributed by atoms with Gasteiger partial charge >= 0.3 is 6.97 Å². The summed E-state index contributed by atoms with van der Waals surface area (Å²) in [7, 11) is 0. The fraction of sp³-hybridized carbons (Fsp3) is 0.263. The lowest BCUT2D eigenvalue weighted by atomic mass is 9.90. The highest BCUT2D eigenvalue weighted by atomic mass is 32.1. The van der Waals surface area contributed by atoms with Gasteiger partial charge in [-0.2, -0.15) is 0 Å². The van der Waals surface area contributed by atoms with E-state index >= 15 is 8.63 Å². The van der Waals surface area contributed by atoms with Crippen LogP contribution in [0.25, 0.3) is 29.4 Å². The van der Waals surface area contributed by atoms with Crippen LogP contribution in [0.4, 0.5) is 14.4 Å². The van der Waals surface area contributed by atoms with Crippen molar-refractivity contribution in [2.75, 3.05) is 31.6 Å². The number of amides is 2. The predicted octanol–water partition coefficient (Wildman–Crippen LogP) is 3.26. The Hall–Kier alpha value is -6.02. The minimum atomic E-state index is -4.14. The molecule has 57 heavy (non-hydrogen) atoms. The van der Waals surface area contributed by atoms with E-state index in [1.165, 1.54) is 28.6 Å². The molecule has 0 radical (unpaired) electrons. The van der Waals surface area contributed by atoms with Crippen LogP contribution in [0.3, 0.4) is 0 Å². The van der Waals surface area contributed by atoms with Gasteiger partial charge in [-0.3, -0.25) is 14.2 Å². The van der Waals surface area contributed by atoms with Crippen LogP contribution in [0.1, 0.15) is 41.4 Å². The molecule has 19 heteroatoms. The van der Waals surface area contributed by atoms with Crippen LogP contribution in [0.15, 0.2) is 84.4 Å². The number of benzene rings is 1. The van der Waals surface area contributed by atoms with Crippen LogP contribution < -0.4 is 20.7 Å². The number of fused-ring (bicyclic) bond motifs is 3. The molecule has 0 aliphatic carbocycles. The molecule has 2 amide bonds. The Bertz CT molecular complexity index is 2430. The van der Waals surface area contributed by atoms with E-state index in [-0.39, 0.29) is 12.5 Å². The van der Waals surface area contributed by atoms with Crippen LogP contribution in [0.5, 0.6) is 5.75 Å². The minimum Gasteiger partial charge on any atom is -0.484 e. The molecule has 3 aliphatic rings. The molecule has 15 nitrogen and oxygen atoms in total. The maximum absolute atomic E-state index is 16.1. The first-order valence-electron chi connectivity index (χ1n) is 18.4. The maximum atomic E-state index is 16.1. The number of imidazole rings is 1. The van der Waals surface area contributed by atoms with E-state index in [9.17, 15) is 19.8 Å². The number of carbonyl (C=O) groups is 2. The monoisotopic (exact) mass is 797 g/mol. The number of nitrogens with zero attached hydrogens (tertiary/aromatic N) is 6. The molecule has 294 valence electrons. The van der Waals surface area contributed by atoms with Crippen LogP contribution in [-0.2, 0) is 14.3 Å². The summed E-state index contributed by atoms with van der Waals surface area (Å²) in [6.07, 6.45) is 6.75. The second-order valence-corrected chi connectivity index (χ2v) is 14.4. The Balaban J connectivity index is 0.800. The first-order valence-corrected chi connectivity index (χ1v) is 19.2. The smallest absolute Gasteiger partial charge is 0.484 e. The lowest BCUT2D eigenvalue weighted by molar-refractivity contribution is -0.360. The molecule has 0 unspecified atom stereocenters. The van der Waals surface area contributed by atoms with Crippen molar-refractivity contribution >= 4 is 71.0 Å². The summed E-state index contributed by atoms with van der Waals surface area (Å²) in [5.74, 6) is 0.0589. The number of aliphatic hydroxyl groups is 2. The van der Waals surface area contributed by atoms with E-state index in [1.807, 2.05) is 17.5 Å². The number of aromatic nitrogens is 5. The Labute approximate surface area is 328 Å². The van der Waals surface area contributed by atoms with Crippen LogP contribution >= 0.6 is 11.3 Å². The summed E-state index contributed by atoms with van der Waals surface area (Å²) < 4.78 is 47.2. The van der Waals surface area contributed by atoms with Crippen molar-refractivity contribution in [3.8, 4) is 5.75 Å². The Morgan fingerprint density at radius 1 is 1.04 bits per heavy atom. The Morgan fingerprint density at radius 2 is 1.88 bits per heavy atom. The number of nitrogens with one attached hydrogen (secondary N) is 3. The second kappa shape index (κ2) is 15.9. The zero-order valence-corrected chi connectivity index (χ0v) is 31.4. The molecule has 3 aliphatic heterocycles. The largest absolute Gasteiger partial charge is 0.737 e. The zero-order valence-electron chi connectivity index (χ0n) is 30.5. The molecule has 1 saturated heterocycles.